The summed E-state index contributed by atoms with van der Waals surface area (Å²) in [5.74, 6) is 0.948. The van der Waals surface area contributed by atoms with Gasteiger partial charge in [0.15, 0.2) is 5.16 Å². The first-order chi connectivity index (χ1) is 12.6. The molecule has 1 aromatic heterocycles. The zero-order valence-corrected chi connectivity index (χ0v) is 15.1. The third-order valence-corrected chi connectivity index (χ3v) is 4.50. The van der Waals surface area contributed by atoms with E-state index in [1.54, 1.807) is 19.2 Å². The molecule has 1 N–H and O–H groups in total. The van der Waals surface area contributed by atoms with E-state index in [2.05, 4.69) is 15.5 Å². The predicted octanol–water partition coefficient (Wildman–Crippen LogP) is 3.45. The van der Waals surface area contributed by atoms with Crippen molar-refractivity contribution in [2.24, 2.45) is 0 Å². The predicted molar refractivity (Wildman–Crippen MR) is 98.4 cm³/mol. The zero-order valence-electron chi connectivity index (χ0n) is 14.3. The number of benzene rings is 2. The van der Waals surface area contributed by atoms with Crippen molar-refractivity contribution in [3.05, 3.63) is 60.2 Å². The summed E-state index contributed by atoms with van der Waals surface area (Å²) >= 11 is 1.26. The second kappa shape index (κ2) is 8.01. The minimum atomic E-state index is -0.398. The molecule has 0 saturated heterocycles. The Bertz CT molecular complexity index is 912. The van der Waals surface area contributed by atoms with Gasteiger partial charge >= 0.3 is 0 Å². The summed E-state index contributed by atoms with van der Waals surface area (Å²) in [5, 5.41) is 11.5. The molecule has 0 aliphatic heterocycles. The number of carbonyl (C=O) groups excluding carboxylic acids is 1. The minimum absolute atomic E-state index is 0.130. The number of methoxy groups -OCH3 is 1. The van der Waals surface area contributed by atoms with Crippen LogP contribution >= 0.6 is 11.8 Å². The van der Waals surface area contributed by atoms with Gasteiger partial charge in [-0.3, -0.25) is 9.36 Å². The van der Waals surface area contributed by atoms with Crippen LogP contribution in [0.4, 0.5) is 10.1 Å². The average molecular weight is 372 g/mol. The van der Waals surface area contributed by atoms with E-state index in [1.807, 2.05) is 35.8 Å². The molecule has 6 nitrogen and oxygen atoms in total. The van der Waals surface area contributed by atoms with Crippen molar-refractivity contribution in [3.8, 4) is 11.4 Å². The van der Waals surface area contributed by atoms with Crippen molar-refractivity contribution in [1.82, 2.24) is 14.8 Å². The molecular formula is C18H17FN4O2S. The summed E-state index contributed by atoms with van der Waals surface area (Å²) in [5.41, 5.74) is 1.30. The van der Waals surface area contributed by atoms with Gasteiger partial charge in [0.05, 0.1) is 12.9 Å². The Morgan fingerprint density at radius 1 is 1.23 bits per heavy atom. The highest BCUT2D eigenvalue weighted by Gasteiger charge is 2.13. The highest BCUT2D eigenvalue weighted by atomic mass is 32.2. The van der Waals surface area contributed by atoms with Gasteiger partial charge in [-0.25, -0.2) is 4.39 Å². The molecule has 0 fully saturated rings. The Labute approximate surface area is 154 Å². The van der Waals surface area contributed by atoms with Crippen LogP contribution in [-0.4, -0.2) is 33.5 Å². The maximum atomic E-state index is 13.2. The first-order valence-electron chi connectivity index (χ1n) is 7.81. The molecule has 134 valence electrons. The molecule has 8 heteroatoms. The number of aryl methyl sites for hydroxylation is 1. The van der Waals surface area contributed by atoms with Gasteiger partial charge in [0.1, 0.15) is 17.4 Å². The number of thioether (sulfide) groups is 1. The van der Waals surface area contributed by atoms with Gasteiger partial charge in [0, 0.05) is 11.4 Å². The maximum Gasteiger partial charge on any atom is 0.234 e. The number of rotatable bonds is 6. The van der Waals surface area contributed by atoms with E-state index in [0.717, 1.165) is 11.4 Å². The number of amides is 1. The lowest BCUT2D eigenvalue weighted by atomic mass is 10.3. The van der Waals surface area contributed by atoms with Gasteiger partial charge in [0.25, 0.3) is 0 Å². The monoisotopic (exact) mass is 372 g/mol. The molecule has 0 radical (unpaired) electrons. The summed E-state index contributed by atoms with van der Waals surface area (Å²) in [7, 11) is 1.61. The third kappa shape index (κ3) is 4.20. The van der Waals surface area contributed by atoms with Crippen molar-refractivity contribution in [2.75, 3.05) is 18.2 Å². The number of hydrogen-bond donors (Lipinski definition) is 1. The molecule has 3 aromatic rings. The zero-order chi connectivity index (χ0) is 18.5. The Morgan fingerprint density at radius 3 is 2.69 bits per heavy atom. The summed E-state index contributed by atoms with van der Waals surface area (Å²) in [6.07, 6.45) is 0. The van der Waals surface area contributed by atoms with Crippen molar-refractivity contribution in [3.63, 3.8) is 0 Å². The van der Waals surface area contributed by atoms with Crippen LogP contribution in [-0.2, 0) is 4.79 Å². The van der Waals surface area contributed by atoms with Gasteiger partial charge in [-0.1, -0.05) is 17.8 Å². The summed E-state index contributed by atoms with van der Waals surface area (Å²) < 4.78 is 20.2. The third-order valence-electron chi connectivity index (χ3n) is 3.57. The first kappa shape index (κ1) is 17.9. The van der Waals surface area contributed by atoms with E-state index in [9.17, 15) is 9.18 Å². The minimum Gasteiger partial charge on any atom is -0.497 e. The molecule has 1 amide bonds. The number of halogens is 1. The molecule has 0 saturated carbocycles. The first-order valence-corrected chi connectivity index (χ1v) is 8.80. The lowest BCUT2D eigenvalue weighted by Gasteiger charge is -2.09. The molecule has 26 heavy (non-hydrogen) atoms. The van der Waals surface area contributed by atoms with Crippen LogP contribution < -0.4 is 10.1 Å². The van der Waals surface area contributed by atoms with Gasteiger partial charge in [0.2, 0.25) is 5.91 Å². The largest absolute Gasteiger partial charge is 0.497 e. The van der Waals surface area contributed by atoms with Crippen LogP contribution in [0.3, 0.4) is 0 Å². The SMILES string of the molecule is COc1ccc(-n2c(C)nnc2SCC(=O)Nc2cccc(F)c2)cc1. The summed E-state index contributed by atoms with van der Waals surface area (Å²) in [4.78, 5) is 12.1. The number of nitrogens with zero attached hydrogens (tertiary/aromatic N) is 3. The molecule has 2 aromatic carbocycles. The summed E-state index contributed by atoms with van der Waals surface area (Å²) in [6.45, 7) is 1.84. The van der Waals surface area contributed by atoms with Crippen LogP contribution in [0.25, 0.3) is 5.69 Å². The number of anilines is 1. The highest BCUT2D eigenvalue weighted by molar-refractivity contribution is 7.99. The van der Waals surface area contributed by atoms with E-state index in [1.165, 1.54) is 23.9 Å². The molecule has 1 heterocycles. The van der Waals surface area contributed by atoms with Crippen LogP contribution in [0.1, 0.15) is 5.82 Å². The lowest BCUT2D eigenvalue weighted by molar-refractivity contribution is -0.113. The Kier molecular flexibility index (Phi) is 5.52. The summed E-state index contributed by atoms with van der Waals surface area (Å²) in [6, 6.07) is 13.3. The van der Waals surface area contributed by atoms with E-state index < -0.39 is 5.82 Å². The lowest BCUT2D eigenvalue weighted by Crippen LogP contribution is -2.14. The smallest absolute Gasteiger partial charge is 0.234 e. The van der Waals surface area contributed by atoms with Crippen LogP contribution in [0.2, 0.25) is 0 Å². The van der Waals surface area contributed by atoms with E-state index in [-0.39, 0.29) is 11.7 Å². The van der Waals surface area contributed by atoms with E-state index >= 15 is 0 Å². The number of aromatic nitrogens is 3. The number of nitrogens with one attached hydrogen (secondary N) is 1. The number of carbonyl (C=O) groups is 1. The van der Waals surface area contributed by atoms with Gasteiger partial charge in [-0.2, -0.15) is 0 Å². The van der Waals surface area contributed by atoms with E-state index in [0.29, 0.717) is 16.7 Å². The topological polar surface area (TPSA) is 69.0 Å². The molecule has 0 atom stereocenters. The van der Waals surface area contributed by atoms with Crippen molar-refractivity contribution < 1.29 is 13.9 Å². The Balaban J connectivity index is 1.69. The fourth-order valence-corrected chi connectivity index (χ4v) is 3.16. The quantitative estimate of drug-likeness (QED) is 0.671. The van der Waals surface area contributed by atoms with Crippen molar-refractivity contribution in [2.45, 2.75) is 12.1 Å². The second-order valence-corrected chi connectivity index (χ2v) is 6.35. The Morgan fingerprint density at radius 2 is 2.00 bits per heavy atom. The highest BCUT2D eigenvalue weighted by Crippen LogP contribution is 2.23. The van der Waals surface area contributed by atoms with Crippen molar-refractivity contribution in [1.29, 1.82) is 0 Å². The number of hydrogen-bond acceptors (Lipinski definition) is 5. The molecule has 0 unspecified atom stereocenters. The molecular weight excluding hydrogens is 355 g/mol. The fraction of sp³-hybridized carbons (Fsp3) is 0.167. The normalized spacial score (nSPS) is 10.6. The van der Waals surface area contributed by atoms with Crippen LogP contribution in [0.5, 0.6) is 5.75 Å². The molecule has 3 rings (SSSR count). The van der Waals surface area contributed by atoms with Gasteiger partial charge in [-0.05, 0) is 49.4 Å². The Hall–Kier alpha value is -2.87. The number of ether oxygens (including phenoxy) is 1. The maximum absolute atomic E-state index is 13.2. The van der Waals surface area contributed by atoms with Gasteiger partial charge in [-0.15, -0.1) is 10.2 Å². The van der Waals surface area contributed by atoms with Crippen LogP contribution in [0.15, 0.2) is 53.7 Å². The molecule has 0 aliphatic carbocycles. The van der Waals surface area contributed by atoms with Gasteiger partial charge < -0.3 is 10.1 Å². The standard InChI is InChI=1S/C18H17FN4O2S/c1-12-21-22-18(23(12)15-6-8-16(25-2)9-7-15)26-11-17(24)20-14-5-3-4-13(19)10-14/h3-10H,11H2,1-2H3,(H,20,24). The van der Waals surface area contributed by atoms with E-state index in [4.69, 9.17) is 4.74 Å². The fourth-order valence-electron chi connectivity index (χ4n) is 2.36. The average Bonchev–Trinajstić information content (AvgIpc) is 3.00. The van der Waals surface area contributed by atoms with Crippen LogP contribution in [0, 0.1) is 12.7 Å². The molecule has 0 spiro atoms. The molecule has 0 aliphatic rings. The van der Waals surface area contributed by atoms with Crippen molar-refractivity contribution >= 4 is 23.4 Å². The second-order valence-electron chi connectivity index (χ2n) is 5.41. The molecule has 0 bridgehead atoms.